The summed E-state index contributed by atoms with van der Waals surface area (Å²) in [5.74, 6) is -0.0252. The number of fused-ring (bicyclic) bond motifs is 4. The van der Waals surface area contributed by atoms with Crippen LogP contribution in [0.2, 0.25) is 0 Å². The van der Waals surface area contributed by atoms with Gasteiger partial charge in [0.25, 0.3) is 0 Å². The van der Waals surface area contributed by atoms with Gasteiger partial charge in [0, 0.05) is 17.7 Å². The van der Waals surface area contributed by atoms with Gasteiger partial charge in [0.05, 0.1) is 12.2 Å². The minimum Gasteiger partial charge on any atom is -0.508 e. The maximum atomic E-state index is 12.8. The number of phenols is 2. The molecular weight excluding hydrogens is 396 g/mol. The molecule has 0 radical (unpaired) electrons. The van der Waals surface area contributed by atoms with Gasteiger partial charge < -0.3 is 39.4 Å². The zero-order valence-electron chi connectivity index (χ0n) is 15.5. The molecule has 0 aliphatic carbocycles. The number of hydrogen-bond acceptors (Lipinski definition) is 9. The Kier molecular flexibility index (Phi) is 4.06. The number of benzene rings is 2. The summed E-state index contributed by atoms with van der Waals surface area (Å²) in [6.07, 6.45) is -3.92. The minimum atomic E-state index is -1.59. The lowest BCUT2D eigenvalue weighted by atomic mass is 9.87. The number of phenolic OH excluding ortho intramolecular Hbond substituents is 2. The number of aliphatic hydroxyl groups excluding tert-OH is 3. The van der Waals surface area contributed by atoms with E-state index in [0.29, 0.717) is 5.56 Å². The molecule has 5 rings (SSSR count). The van der Waals surface area contributed by atoms with Crippen LogP contribution in [0.15, 0.2) is 45.6 Å². The number of ether oxygens (including phenoxy) is 2. The van der Waals surface area contributed by atoms with E-state index in [4.69, 9.17) is 13.9 Å². The lowest BCUT2D eigenvalue weighted by Gasteiger charge is -2.26. The fourth-order valence-corrected chi connectivity index (χ4v) is 4.19. The Balaban J connectivity index is 1.80. The molecule has 2 aliphatic heterocycles. The van der Waals surface area contributed by atoms with Crippen molar-refractivity contribution < 1.29 is 39.4 Å². The molecule has 1 saturated heterocycles. The number of aliphatic hydroxyl groups is 3. The quantitative estimate of drug-likeness (QED) is 0.406. The van der Waals surface area contributed by atoms with Crippen molar-refractivity contribution in [3.8, 4) is 28.6 Å². The van der Waals surface area contributed by atoms with E-state index in [2.05, 4.69) is 0 Å². The highest BCUT2D eigenvalue weighted by Gasteiger charge is 2.60. The van der Waals surface area contributed by atoms with Crippen molar-refractivity contribution in [1.82, 2.24) is 0 Å². The van der Waals surface area contributed by atoms with Crippen LogP contribution in [0.4, 0.5) is 0 Å². The van der Waals surface area contributed by atoms with E-state index < -0.39 is 35.9 Å². The molecule has 4 atom stereocenters. The maximum Gasteiger partial charge on any atom is 0.197 e. The van der Waals surface area contributed by atoms with Gasteiger partial charge in [-0.1, -0.05) is 0 Å². The van der Waals surface area contributed by atoms with Crippen LogP contribution in [0.5, 0.6) is 17.2 Å². The molecule has 4 unspecified atom stereocenters. The molecule has 3 heterocycles. The summed E-state index contributed by atoms with van der Waals surface area (Å²) in [4.78, 5) is 12.8. The average molecular weight is 414 g/mol. The van der Waals surface area contributed by atoms with Crippen molar-refractivity contribution in [2.75, 3.05) is 13.2 Å². The molecule has 30 heavy (non-hydrogen) atoms. The van der Waals surface area contributed by atoms with Gasteiger partial charge in [-0.3, -0.25) is 4.79 Å². The van der Waals surface area contributed by atoms with Crippen LogP contribution in [-0.4, -0.2) is 57.1 Å². The van der Waals surface area contributed by atoms with E-state index >= 15 is 0 Å². The third-order valence-electron chi connectivity index (χ3n) is 5.69. The van der Waals surface area contributed by atoms with Gasteiger partial charge in [0.15, 0.2) is 16.6 Å². The highest BCUT2D eigenvalue weighted by Crippen LogP contribution is 2.52. The fraction of sp³-hybridized carbons (Fsp3) is 0.286. The van der Waals surface area contributed by atoms with Crippen molar-refractivity contribution >= 4 is 11.0 Å². The molecule has 156 valence electrons. The summed E-state index contributed by atoms with van der Waals surface area (Å²) < 4.78 is 17.4. The molecule has 0 amide bonds. The first-order valence-corrected chi connectivity index (χ1v) is 9.27. The SMILES string of the molecule is O=c1cc(-c2ccc(O)cc2)oc2c3c(cc(O)c12)OCC31OC(CO)C(O)C1O. The van der Waals surface area contributed by atoms with Crippen LogP contribution in [0.25, 0.3) is 22.3 Å². The van der Waals surface area contributed by atoms with E-state index in [-0.39, 0.29) is 46.1 Å². The van der Waals surface area contributed by atoms with Gasteiger partial charge in [0.1, 0.15) is 53.3 Å². The van der Waals surface area contributed by atoms with Gasteiger partial charge in [0.2, 0.25) is 0 Å². The zero-order chi connectivity index (χ0) is 21.2. The summed E-state index contributed by atoms with van der Waals surface area (Å²) >= 11 is 0. The largest absolute Gasteiger partial charge is 0.508 e. The number of rotatable bonds is 2. The van der Waals surface area contributed by atoms with Crippen molar-refractivity contribution in [2.24, 2.45) is 0 Å². The Labute approximate surface area is 169 Å². The van der Waals surface area contributed by atoms with Crippen LogP contribution in [0.1, 0.15) is 5.56 Å². The second kappa shape index (κ2) is 6.44. The van der Waals surface area contributed by atoms with Gasteiger partial charge in [-0.15, -0.1) is 0 Å². The highest BCUT2D eigenvalue weighted by molar-refractivity contribution is 5.90. The van der Waals surface area contributed by atoms with Crippen LogP contribution in [-0.2, 0) is 10.3 Å². The summed E-state index contributed by atoms with van der Waals surface area (Å²) in [6, 6.07) is 8.42. The van der Waals surface area contributed by atoms with Crippen LogP contribution >= 0.6 is 0 Å². The van der Waals surface area contributed by atoms with E-state index in [1.54, 1.807) is 12.1 Å². The lowest BCUT2D eigenvalue weighted by Crippen LogP contribution is -2.42. The number of hydrogen-bond donors (Lipinski definition) is 5. The van der Waals surface area contributed by atoms with Crippen LogP contribution < -0.4 is 10.2 Å². The van der Waals surface area contributed by atoms with Crippen molar-refractivity contribution in [3.05, 3.63) is 52.2 Å². The van der Waals surface area contributed by atoms with Gasteiger partial charge in [-0.05, 0) is 24.3 Å². The van der Waals surface area contributed by atoms with E-state index in [0.717, 1.165) is 0 Å². The molecule has 2 aliphatic rings. The minimum absolute atomic E-state index is 0.0410. The predicted molar refractivity (Wildman–Crippen MR) is 102 cm³/mol. The molecule has 9 heteroatoms. The highest BCUT2D eigenvalue weighted by atomic mass is 16.6. The molecule has 2 aromatic carbocycles. The first-order valence-electron chi connectivity index (χ1n) is 9.27. The molecule has 1 spiro atoms. The Morgan fingerprint density at radius 3 is 2.50 bits per heavy atom. The van der Waals surface area contributed by atoms with E-state index in [1.807, 2.05) is 0 Å². The second-order valence-corrected chi connectivity index (χ2v) is 7.45. The fourth-order valence-electron chi connectivity index (χ4n) is 4.19. The molecule has 1 aromatic heterocycles. The van der Waals surface area contributed by atoms with Crippen molar-refractivity contribution in [2.45, 2.75) is 23.9 Å². The Morgan fingerprint density at radius 2 is 1.83 bits per heavy atom. The Bertz CT molecular complexity index is 1200. The summed E-state index contributed by atoms with van der Waals surface area (Å²) in [6.45, 7) is -0.739. The first kappa shape index (κ1) is 18.9. The van der Waals surface area contributed by atoms with Gasteiger partial charge in [-0.2, -0.15) is 0 Å². The molecule has 3 aromatic rings. The van der Waals surface area contributed by atoms with E-state index in [1.165, 1.54) is 24.3 Å². The normalized spacial score (nSPS) is 27.5. The third-order valence-corrected chi connectivity index (χ3v) is 5.69. The standard InChI is InChI=1S/C21H18O9/c22-7-15-18(26)20(27)21(30-15)8-28-14-6-12(25)16-11(24)5-13(29-19(16)17(14)21)9-1-3-10(23)4-2-9/h1-6,15,18,20,22-23,25-27H,7-8H2. The monoisotopic (exact) mass is 414 g/mol. The molecular formula is C21H18O9. The topological polar surface area (TPSA) is 150 Å². The molecule has 0 saturated carbocycles. The number of aromatic hydroxyl groups is 2. The summed E-state index contributed by atoms with van der Waals surface area (Å²) in [5.41, 5.74) is -1.50. The Morgan fingerprint density at radius 1 is 1.10 bits per heavy atom. The molecule has 5 N–H and O–H groups in total. The second-order valence-electron chi connectivity index (χ2n) is 7.45. The first-order chi connectivity index (χ1) is 14.4. The summed E-state index contributed by atoms with van der Waals surface area (Å²) in [5, 5.41) is 50.3. The Hall–Kier alpha value is -3.11. The van der Waals surface area contributed by atoms with E-state index in [9.17, 15) is 30.3 Å². The zero-order valence-corrected chi connectivity index (χ0v) is 15.5. The summed E-state index contributed by atoms with van der Waals surface area (Å²) in [7, 11) is 0. The van der Waals surface area contributed by atoms with Crippen LogP contribution in [0, 0.1) is 0 Å². The average Bonchev–Trinajstić information content (AvgIpc) is 3.21. The van der Waals surface area contributed by atoms with Gasteiger partial charge in [-0.25, -0.2) is 0 Å². The van der Waals surface area contributed by atoms with Crippen LogP contribution in [0.3, 0.4) is 0 Å². The predicted octanol–water partition coefficient (Wildman–Crippen LogP) is 0.572. The molecule has 1 fully saturated rings. The molecule has 9 nitrogen and oxygen atoms in total. The smallest absolute Gasteiger partial charge is 0.197 e. The molecule has 0 bridgehead atoms. The third kappa shape index (κ3) is 2.47. The van der Waals surface area contributed by atoms with Gasteiger partial charge >= 0.3 is 0 Å². The maximum absolute atomic E-state index is 12.8. The lowest BCUT2D eigenvalue weighted by molar-refractivity contribution is -0.104. The van der Waals surface area contributed by atoms with Crippen molar-refractivity contribution in [3.63, 3.8) is 0 Å². The van der Waals surface area contributed by atoms with Crippen molar-refractivity contribution in [1.29, 1.82) is 0 Å².